The summed E-state index contributed by atoms with van der Waals surface area (Å²) in [6.07, 6.45) is 0. The molecule has 0 atom stereocenters. The SMILES string of the molecule is Nc1nc2ccc(Cl)cc2n1-c1ccc(Br)c(F)c1. The van der Waals surface area contributed by atoms with Gasteiger partial charge in [-0.05, 0) is 52.3 Å². The Kier molecular flexibility index (Phi) is 2.95. The van der Waals surface area contributed by atoms with Gasteiger partial charge in [-0.25, -0.2) is 9.37 Å². The summed E-state index contributed by atoms with van der Waals surface area (Å²) in [6, 6.07) is 10.0. The molecule has 3 rings (SSSR count). The summed E-state index contributed by atoms with van der Waals surface area (Å²) in [5, 5.41) is 0.575. The fraction of sp³-hybridized carbons (Fsp3) is 0. The van der Waals surface area contributed by atoms with E-state index < -0.39 is 0 Å². The first-order chi connectivity index (χ1) is 9.06. The highest BCUT2D eigenvalue weighted by Gasteiger charge is 2.11. The van der Waals surface area contributed by atoms with Crippen LogP contribution in [0.2, 0.25) is 5.02 Å². The smallest absolute Gasteiger partial charge is 0.205 e. The average Bonchev–Trinajstić information content (AvgIpc) is 2.68. The molecular formula is C13H8BrClFN3. The lowest BCUT2D eigenvalue weighted by Crippen LogP contribution is -2.01. The molecule has 0 aliphatic carbocycles. The van der Waals surface area contributed by atoms with Gasteiger partial charge in [-0.15, -0.1) is 0 Å². The van der Waals surface area contributed by atoms with Gasteiger partial charge in [0.25, 0.3) is 0 Å². The van der Waals surface area contributed by atoms with Crippen molar-refractivity contribution in [2.45, 2.75) is 0 Å². The predicted octanol–water partition coefficient (Wildman–Crippen LogP) is 4.16. The summed E-state index contributed by atoms with van der Waals surface area (Å²) in [4.78, 5) is 4.23. The molecule has 0 unspecified atom stereocenters. The second-order valence-electron chi connectivity index (χ2n) is 4.04. The number of imidazole rings is 1. The highest BCUT2D eigenvalue weighted by molar-refractivity contribution is 9.10. The first-order valence-electron chi connectivity index (χ1n) is 5.45. The minimum atomic E-state index is -0.360. The molecule has 6 heteroatoms. The van der Waals surface area contributed by atoms with Crippen molar-refractivity contribution in [3.05, 3.63) is 51.7 Å². The second-order valence-corrected chi connectivity index (χ2v) is 5.33. The van der Waals surface area contributed by atoms with Crippen LogP contribution in [-0.2, 0) is 0 Å². The standard InChI is InChI=1S/C13H8BrClFN3/c14-9-3-2-8(6-10(9)16)19-12-5-7(15)1-4-11(12)18-13(19)17/h1-6H,(H2,17,18). The third-order valence-corrected chi connectivity index (χ3v) is 3.68. The van der Waals surface area contributed by atoms with Gasteiger partial charge in [-0.1, -0.05) is 11.6 Å². The van der Waals surface area contributed by atoms with Crippen LogP contribution in [-0.4, -0.2) is 9.55 Å². The van der Waals surface area contributed by atoms with E-state index >= 15 is 0 Å². The molecule has 3 nitrogen and oxygen atoms in total. The Morgan fingerprint density at radius 1 is 1.21 bits per heavy atom. The van der Waals surface area contributed by atoms with Crippen LogP contribution < -0.4 is 5.73 Å². The van der Waals surface area contributed by atoms with Crippen LogP contribution in [0.4, 0.5) is 10.3 Å². The van der Waals surface area contributed by atoms with E-state index in [4.69, 9.17) is 17.3 Å². The van der Waals surface area contributed by atoms with Crippen molar-refractivity contribution < 1.29 is 4.39 Å². The summed E-state index contributed by atoms with van der Waals surface area (Å²) >= 11 is 9.10. The molecule has 0 aliphatic heterocycles. The molecule has 0 bridgehead atoms. The van der Waals surface area contributed by atoms with Crippen LogP contribution in [0.3, 0.4) is 0 Å². The zero-order valence-corrected chi connectivity index (χ0v) is 11.9. The minimum Gasteiger partial charge on any atom is -0.369 e. The topological polar surface area (TPSA) is 43.8 Å². The molecule has 0 amide bonds. The molecule has 0 saturated heterocycles. The number of rotatable bonds is 1. The van der Waals surface area contributed by atoms with Crippen molar-refractivity contribution in [2.75, 3.05) is 5.73 Å². The van der Waals surface area contributed by atoms with Crippen LogP contribution in [0.25, 0.3) is 16.7 Å². The number of benzene rings is 2. The zero-order chi connectivity index (χ0) is 13.6. The number of hydrogen-bond donors (Lipinski definition) is 1. The highest BCUT2D eigenvalue weighted by atomic mass is 79.9. The van der Waals surface area contributed by atoms with Crippen LogP contribution in [0.15, 0.2) is 40.9 Å². The Balaban J connectivity index is 2.31. The summed E-state index contributed by atoms with van der Waals surface area (Å²) < 4.78 is 15.7. The largest absolute Gasteiger partial charge is 0.369 e. The van der Waals surface area contributed by atoms with E-state index in [-0.39, 0.29) is 5.82 Å². The Bertz CT molecular complexity index is 785. The van der Waals surface area contributed by atoms with Crippen molar-refractivity contribution in [2.24, 2.45) is 0 Å². The van der Waals surface area contributed by atoms with Crippen LogP contribution in [0.5, 0.6) is 0 Å². The third kappa shape index (κ3) is 2.09. The van der Waals surface area contributed by atoms with Crippen LogP contribution in [0, 0.1) is 5.82 Å². The number of halogens is 3. The predicted molar refractivity (Wildman–Crippen MR) is 78.2 cm³/mol. The number of nitrogen functional groups attached to an aromatic ring is 1. The van der Waals surface area contributed by atoms with E-state index in [9.17, 15) is 4.39 Å². The molecule has 0 fully saturated rings. The van der Waals surface area contributed by atoms with Gasteiger partial charge in [-0.3, -0.25) is 4.57 Å². The highest BCUT2D eigenvalue weighted by Crippen LogP contribution is 2.27. The van der Waals surface area contributed by atoms with E-state index in [1.807, 2.05) is 0 Å². The maximum Gasteiger partial charge on any atom is 0.205 e. The summed E-state index contributed by atoms with van der Waals surface area (Å²) in [6.45, 7) is 0. The molecule has 0 spiro atoms. The van der Waals surface area contributed by atoms with Gasteiger partial charge in [0.15, 0.2) is 0 Å². The maximum absolute atomic E-state index is 13.6. The molecule has 96 valence electrons. The number of nitrogens with two attached hydrogens (primary N) is 1. The number of anilines is 1. The summed E-state index contributed by atoms with van der Waals surface area (Å²) in [5.41, 5.74) is 7.95. The first kappa shape index (κ1) is 12.4. The normalized spacial score (nSPS) is 11.1. The molecule has 2 N–H and O–H groups in total. The monoisotopic (exact) mass is 339 g/mol. The van der Waals surface area contributed by atoms with Gasteiger partial charge in [0.05, 0.1) is 21.2 Å². The Morgan fingerprint density at radius 2 is 2.00 bits per heavy atom. The number of aromatic nitrogens is 2. The van der Waals surface area contributed by atoms with Crippen LogP contribution in [0.1, 0.15) is 0 Å². The van der Waals surface area contributed by atoms with Gasteiger partial charge in [0, 0.05) is 5.02 Å². The lowest BCUT2D eigenvalue weighted by atomic mass is 10.2. The van der Waals surface area contributed by atoms with E-state index in [2.05, 4.69) is 20.9 Å². The van der Waals surface area contributed by atoms with Crippen molar-refractivity contribution in [1.29, 1.82) is 0 Å². The zero-order valence-electron chi connectivity index (χ0n) is 9.57. The lowest BCUT2D eigenvalue weighted by Gasteiger charge is -2.07. The van der Waals surface area contributed by atoms with Crippen molar-refractivity contribution >= 4 is 44.5 Å². The summed E-state index contributed by atoms with van der Waals surface area (Å²) in [7, 11) is 0. The summed E-state index contributed by atoms with van der Waals surface area (Å²) in [5.74, 6) is -0.0697. The van der Waals surface area contributed by atoms with Crippen molar-refractivity contribution in [3.8, 4) is 5.69 Å². The molecular weight excluding hydrogens is 333 g/mol. The number of hydrogen-bond acceptors (Lipinski definition) is 2. The fourth-order valence-electron chi connectivity index (χ4n) is 1.96. The van der Waals surface area contributed by atoms with Gasteiger partial charge in [0.2, 0.25) is 5.95 Å². The molecule has 2 aromatic carbocycles. The maximum atomic E-state index is 13.6. The van der Waals surface area contributed by atoms with Gasteiger partial charge in [0.1, 0.15) is 5.82 Å². The molecule has 1 aromatic heterocycles. The quantitative estimate of drug-likeness (QED) is 0.723. The Labute approximate surface area is 121 Å². The molecule has 0 aliphatic rings. The fourth-order valence-corrected chi connectivity index (χ4v) is 2.38. The van der Waals surface area contributed by atoms with E-state index in [1.165, 1.54) is 6.07 Å². The minimum absolute atomic E-state index is 0.291. The first-order valence-corrected chi connectivity index (χ1v) is 6.62. The molecule has 3 aromatic rings. The average molecular weight is 341 g/mol. The number of nitrogens with zero attached hydrogens (tertiary/aromatic N) is 2. The van der Waals surface area contributed by atoms with E-state index in [1.54, 1.807) is 34.9 Å². The van der Waals surface area contributed by atoms with Gasteiger partial charge < -0.3 is 5.73 Å². The van der Waals surface area contributed by atoms with Crippen molar-refractivity contribution in [3.63, 3.8) is 0 Å². The van der Waals surface area contributed by atoms with E-state index in [0.29, 0.717) is 26.6 Å². The number of fused-ring (bicyclic) bond motifs is 1. The molecule has 1 heterocycles. The Hall–Kier alpha value is -1.59. The van der Waals surface area contributed by atoms with Gasteiger partial charge >= 0.3 is 0 Å². The second kappa shape index (κ2) is 4.51. The molecule has 19 heavy (non-hydrogen) atoms. The van der Waals surface area contributed by atoms with Crippen LogP contribution >= 0.6 is 27.5 Å². The van der Waals surface area contributed by atoms with Gasteiger partial charge in [-0.2, -0.15) is 0 Å². The third-order valence-electron chi connectivity index (χ3n) is 2.80. The lowest BCUT2D eigenvalue weighted by molar-refractivity contribution is 0.620. The Morgan fingerprint density at radius 3 is 2.74 bits per heavy atom. The van der Waals surface area contributed by atoms with E-state index in [0.717, 1.165) is 5.52 Å². The molecule has 0 saturated carbocycles. The van der Waals surface area contributed by atoms with Crippen molar-refractivity contribution in [1.82, 2.24) is 9.55 Å². The molecule has 0 radical (unpaired) electrons.